The zero-order valence-corrected chi connectivity index (χ0v) is 17.7. The van der Waals surface area contributed by atoms with Crippen molar-refractivity contribution in [3.05, 3.63) is 96.1 Å². The van der Waals surface area contributed by atoms with Crippen LogP contribution in [-0.4, -0.2) is 52.1 Å². The fourth-order valence-electron chi connectivity index (χ4n) is 3.93. The lowest BCUT2D eigenvalue weighted by Crippen LogP contribution is -2.48. The molecule has 1 amide bonds. The van der Waals surface area contributed by atoms with E-state index in [1.807, 2.05) is 65.6 Å². The third-order valence-electron chi connectivity index (χ3n) is 5.73. The highest BCUT2D eigenvalue weighted by Gasteiger charge is 2.22. The van der Waals surface area contributed by atoms with Gasteiger partial charge in [0.05, 0.1) is 0 Å². The maximum absolute atomic E-state index is 13.0. The van der Waals surface area contributed by atoms with E-state index >= 15 is 0 Å². The van der Waals surface area contributed by atoms with E-state index in [0.29, 0.717) is 17.3 Å². The number of hydrogen-bond acceptors (Lipinski definition) is 5. The smallest absolute Gasteiger partial charge is 0.253 e. The van der Waals surface area contributed by atoms with Crippen LogP contribution in [0.2, 0.25) is 0 Å². The lowest BCUT2D eigenvalue weighted by Gasteiger charge is -2.34. The van der Waals surface area contributed by atoms with Crippen LogP contribution in [0.25, 0.3) is 22.9 Å². The predicted molar refractivity (Wildman–Crippen MR) is 123 cm³/mol. The van der Waals surface area contributed by atoms with Crippen LogP contribution < -0.4 is 0 Å². The van der Waals surface area contributed by atoms with Crippen LogP contribution in [0.15, 0.2) is 89.3 Å². The van der Waals surface area contributed by atoms with Gasteiger partial charge in [0.2, 0.25) is 11.8 Å². The molecular formula is C26H24N4O2. The van der Waals surface area contributed by atoms with Gasteiger partial charge in [-0.3, -0.25) is 9.69 Å². The first-order chi connectivity index (χ1) is 15.8. The van der Waals surface area contributed by atoms with E-state index in [1.165, 1.54) is 5.56 Å². The molecular weight excluding hydrogens is 400 g/mol. The fourth-order valence-corrected chi connectivity index (χ4v) is 3.93. The summed E-state index contributed by atoms with van der Waals surface area (Å²) in [5.41, 5.74) is 3.65. The van der Waals surface area contributed by atoms with Crippen molar-refractivity contribution in [1.29, 1.82) is 0 Å². The molecule has 0 N–H and O–H groups in total. The van der Waals surface area contributed by atoms with E-state index in [-0.39, 0.29) is 5.91 Å². The van der Waals surface area contributed by atoms with Gasteiger partial charge in [-0.05, 0) is 42.0 Å². The molecule has 0 bridgehead atoms. The highest BCUT2D eigenvalue weighted by atomic mass is 16.4. The van der Waals surface area contributed by atoms with Crippen molar-refractivity contribution >= 4 is 5.91 Å². The van der Waals surface area contributed by atoms with Crippen molar-refractivity contribution < 1.29 is 9.21 Å². The fraction of sp³-hybridized carbons (Fsp3) is 0.192. The van der Waals surface area contributed by atoms with Crippen LogP contribution in [0, 0.1) is 0 Å². The first kappa shape index (κ1) is 20.2. The molecule has 4 aromatic rings. The quantitative estimate of drug-likeness (QED) is 0.476. The number of piperazine rings is 1. The number of carbonyl (C=O) groups excluding carboxylic acids is 1. The van der Waals surface area contributed by atoms with Crippen molar-refractivity contribution in [2.24, 2.45) is 0 Å². The molecule has 0 unspecified atom stereocenters. The minimum Gasteiger partial charge on any atom is -0.416 e. The minimum absolute atomic E-state index is 0.0615. The number of hydrogen-bond donors (Lipinski definition) is 0. The normalized spacial score (nSPS) is 14.4. The van der Waals surface area contributed by atoms with Crippen LogP contribution in [-0.2, 0) is 6.54 Å². The minimum atomic E-state index is 0.0615. The lowest BCUT2D eigenvalue weighted by atomic mass is 10.1. The molecule has 0 radical (unpaired) electrons. The van der Waals surface area contributed by atoms with Gasteiger partial charge in [0, 0.05) is 49.4 Å². The monoisotopic (exact) mass is 424 g/mol. The third kappa shape index (κ3) is 4.45. The molecule has 32 heavy (non-hydrogen) atoms. The Hall–Kier alpha value is -3.77. The number of amides is 1. The Morgan fingerprint density at radius 3 is 1.91 bits per heavy atom. The molecule has 5 rings (SSSR count). The molecule has 1 aliphatic rings. The molecule has 1 fully saturated rings. The van der Waals surface area contributed by atoms with Crippen molar-refractivity contribution in [1.82, 2.24) is 20.0 Å². The molecule has 6 heteroatoms. The molecule has 0 saturated carbocycles. The number of nitrogens with zero attached hydrogens (tertiary/aromatic N) is 4. The second kappa shape index (κ2) is 9.16. The van der Waals surface area contributed by atoms with Crippen LogP contribution in [0.4, 0.5) is 0 Å². The zero-order chi connectivity index (χ0) is 21.8. The molecule has 6 nitrogen and oxygen atoms in total. The van der Waals surface area contributed by atoms with Crippen LogP contribution >= 0.6 is 0 Å². The van der Waals surface area contributed by atoms with Crippen LogP contribution in [0.3, 0.4) is 0 Å². The van der Waals surface area contributed by atoms with E-state index in [1.54, 1.807) is 0 Å². The first-order valence-electron chi connectivity index (χ1n) is 10.8. The Bertz CT molecular complexity index is 1170. The average Bonchev–Trinajstić information content (AvgIpc) is 3.36. The number of carbonyl (C=O) groups is 1. The zero-order valence-electron chi connectivity index (χ0n) is 17.7. The summed E-state index contributed by atoms with van der Waals surface area (Å²) >= 11 is 0. The highest BCUT2D eigenvalue weighted by Crippen LogP contribution is 2.24. The van der Waals surface area contributed by atoms with Crippen molar-refractivity contribution in [2.75, 3.05) is 26.2 Å². The molecule has 1 saturated heterocycles. The summed E-state index contributed by atoms with van der Waals surface area (Å²) < 4.78 is 5.81. The second-order valence-electron chi connectivity index (χ2n) is 7.91. The van der Waals surface area contributed by atoms with Gasteiger partial charge in [-0.25, -0.2) is 0 Å². The maximum Gasteiger partial charge on any atom is 0.253 e. The van der Waals surface area contributed by atoms with Gasteiger partial charge in [-0.2, -0.15) is 0 Å². The van der Waals surface area contributed by atoms with E-state index in [4.69, 9.17) is 4.42 Å². The van der Waals surface area contributed by atoms with Gasteiger partial charge in [0.15, 0.2) is 0 Å². The third-order valence-corrected chi connectivity index (χ3v) is 5.73. The SMILES string of the molecule is O=C(c1ccc(-c2nnc(-c3ccccc3)o2)cc1)N1CCN(Cc2ccccc2)CC1. The van der Waals surface area contributed by atoms with E-state index in [0.717, 1.165) is 43.9 Å². The van der Waals surface area contributed by atoms with E-state index in [2.05, 4.69) is 39.4 Å². The van der Waals surface area contributed by atoms with Gasteiger partial charge in [0.25, 0.3) is 5.91 Å². The maximum atomic E-state index is 13.0. The van der Waals surface area contributed by atoms with Crippen molar-refractivity contribution in [2.45, 2.75) is 6.54 Å². The Labute approximate surface area is 187 Å². The van der Waals surface area contributed by atoms with Gasteiger partial charge < -0.3 is 9.32 Å². The summed E-state index contributed by atoms with van der Waals surface area (Å²) in [6, 6.07) is 27.5. The van der Waals surface area contributed by atoms with Crippen molar-refractivity contribution in [3.63, 3.8) is 0 Å². The Kier molecular flexibility index (Phi) is 5.77. The number of rotatable bonds is 5. The Balaban J connectivity index is 1.20. The number of aromatic nitrogens is 2. The Morgan fingerprint density at radius 2 is 1.28 bits per heavy atom. The summed E-state index contributed by atoms with van der Waals surface area (Å²) in [6.45, 7) is 4.15. The second-order valence-corrected chi connectivity index (χ2v) is 7.91. The van der Waals surface area contributed by atoms with E-state index in [9.17, 15) is 4.79 Å². The molecule has 1 aliphatic heterocycles. The summed E-state index contributed by atoms with van der Waals surface area (Å²) in [5.74, 6) is 0.984. The summed E-state index contributed by atoms with van der Waals surface area (Å²) in [5, 5.41) is 8.29. The standard InChI is InChI=1S/C26H24N4O2/c31-26(30-17-15-29(16-18-30)19-20-7-3-1-4-8-20)23-13-11-22(12-14-23)25-28-27-24(32-25)21-9-5-2-6-10-21/h1-14H,15-19H2. The van der Waals surface area contributed by atoms with Gasteiger partial charge in [0.1, 0.15) is 0 Å². The highest BCUT2D eigenvalue weighted by molar-refractivity contribution is 5.94. The van der Waals surface area contributed by atoms with Gasteiger partial charge >= 0.3 is 0 Å². The van der Waals surface area contributed by atoms with E-state index < -0.39 is 0 Å². The summed E-state index contributed by atoms with van der Waals surface area (Å²) in [4.78, 5) is 17.3. The number of benzene rings is 3. The Morgan fingerprint density at radius 1 is 0.719 bits per heavy atom. The van der Waals surface area contributed by atoms with Crippen molar-refractivity contribution in [3.8, 4) is 22.9 Å². The average molecular weight is 425 g/mol. The van der Waals surface area contributed by atoms with Gasteiger partial charge in [-0.15, -0.1) is 10.2 Å². The summed E-state index contributed by atoms with van der Waals surface area (Å²) in [6.07, 6.45) is 0. The molecule has 2 heterocycles. The molecule has 3 aromatic carbocycles. The lowest BCUT2D eigenvalue weighted by molar-refractivity contribution is 0.0628. The first-order valence-corrected chi connectivity index (χ1v) is 10.8. The topological polar surface area (TPSA) is 62.5 Å². The van der Waals surface area contributed by atoms with Crippen LogP contribution in [0.5, 0.6) is 0 Å². The molecule has 1 aromatic heterocycles. The molecule has 0 spiro atoms. The largest absolute Gasteiger partial charge is 0.416 e. The molecule has 0 aliphatic carbocycles. The predicted octanol–water partition coefficient (Wildman–Crippen LogP) is 4.36. The molecule has 160 valence electrons. The molecule has 0 atom stereocenters. The van der Waals surface area contributed by atoms with Crippen LogP contribution in [0.1, 0.15) is 15.9 Å². The van der Waals surface area contributed by atoms with Gasteiger partial charge in [-0.1, -0.05) is 48.5 Å². The summed E-state index contributed by atoms with van der Waals surface area (Å²) in [7, 11) is 0.